The SMILES string of the molecule is N#Cc1cc([N+](=O)[O-])ccc1-c1cnn(Cc2cccc(F)c2)c1. The van der Waals surface area contributed by atoms with Gasteiger partial charge < -0.3 is 0 Å². The number of nitro benzene ring substituents is 1. The maximum Gasteiger partial charge on any atom is 0.270 e. The summed E-state index contributed by atoms with van der Waals surface area (Å²) >= 11 is 0. The molecule has 0 N–H and O–H groups in total. The summed E-state index contributed by atoms with van der Waals surface area (Å²) in [5.74, 6) is -0.318. The number of rotatable bonds is 4. The van der Waals surface area contributed by atoms with Gasteiger partial charge in [0.1, 0.15) is 11.9 Å². The third-order valence-electron chi connectivity index (χ3n) is 3.51. The molecule has 0 aliphatic heterocycles. The molecule has 24 heavy (non-hydrogen) atoms. The lowest BCUT2D eigenvalue weighted by molar-refractivity contribution is -0.384. The largest absolute Gasteiger partial charge is 0.270 e. The van der Waals surface area contributed by atoms with E-state index in [9.17, 15) is 19.8 Å². The maximum atomic E-state index is 13.2. The minimum atomic E-state index is -0.544. The molecule has 0 aliphatic carbocycles. The molecule has 0 amide bonds. The van der Waals surface area contributed by atoms with Crippen LogP contribution < -0.4 is 0 Å². The molecule has 0 saturated carbocycles. The molecule has 7 heteroatoms. The van der Waals surface area contributed by atoms with Crippen LogP contribution in [0.4, 0.5) is 10.1 Å². The molecule has 0 bridgehead atoms. The van der Waals surface area contributed by atoms with E-state index in [4.69, 9.17) is 0 Å². The van der Waals surface area contributed by atoms with Crippen LogP contribution in [0.2, 0.25) is 0 Å². The molecule has 0 radical (unpaired) electrons. The van der Waals surface area contributed by atoms with Crippen LogP contribution in [0.15, 0.2) is 54.9 Å². The first-order valence-corrected chi connectivity index (χ1v) is 7.02. The van der Waals surface area contributed by atoms with Gasteiger partial charge in [0.05, 0.1) is 23.2 Å². The van der Waals surface area contributed by atoms with E-state index in [0.717, 1.165) is 5.56 Å². The van der Waals surface area contributed by atoms with Gasteiger partial charge in [0.25, 0.3) is 5.69 Å². The molecule has 3 rings (SSSR count). The van der Waals surface area contributed by atoms with Crippen molar-refractivity contribution in [3.63, 3.8) is 0 Å². The summed E-state index contributed by atoms with van der Waals surface area (Å²) in [6, 6.07) is 12.3. The molecule has 6 nitrogen and oxygen atoms in total. The quantitative estimate of drug-likeness (QED) is 0.543. The Balaban J connectivity index is 1.91. The number of benzene rings is 2. The average Bonchev–Trinajstić information content (AvgIpc) is 3.02. The minimum absolute atomic E-state index is 0.137. The first-order valence-electron chi connectivity index (χ1n) is 7.02. The van der Waals surface area contributed by atoms with E-state index < -0.39 is 4.92 Å². The van der Waals surface area contributed by atoms with Gasteiger partial charge in [-0.25, -0.2) is 4.39 Å². The van der Waals surface area contributed by atoms with Gasteiger partial charge >= 0.3 is 0 Å². The Hall–Kier alpha value is -3.53. The van der Waals surface area contributed by atoms with E-state index >= 15 is 0 Å². The fraction of sp³-hybridized carbons (Fsp3) is 0.0588. The van der Waals surface area contributed by atoms with Crippen molar-refractivity contribution in [2.75, 3.05) is 0 Å². The number of non-ortho nitro benzene ring substituents is 1. The number of nitro groups is 1. The number of halogens is 1. The highest BCUT2D eigenvalue weighted by Gasteiger charge is 2.13. The first-order chi connectivity index (χ1) is 11.6. The van der Waals surface area contributed by atoms with Crippen LogP contribution in [0.3, 0.4) is 0 Å². The van der Waals surface area contributed by atoms with Gasteiger partial charge in [-0.2, -0.15) is 10.4 Å². The molecule has 0 saturated heterocycles. The monoisotopic (exact) mass is 322 g/mol. The average molecular weight is 322 g/mol. The fourth-order valence-electron chi connectivity index (χ4n) is 2.40. The maximum absolute atomic E-state index is 13.2. The first kappa shape index (κ1) is 15.4. The van der Waals surface area contributed by atoms with Crippen LogP contribution in [0.5, 0.6) is 0 Å². The molecule has 2 aromatic carbocycles. The van der Waals surface area contributed by atoms with Crippen LogP contribution in [-0.2, 0) is 6.54 Å². The van der Waals surface area contributed by atoms with Crippen LogP contribution in [0.1, 0.15) is 11.1 Å². The van der Waals surface area contributed by atoms with Gasteiger partial charge in [0.15, 0.2) is 0 Å². The van der Waals surface area contributed by atoms with E-state index in [-0.39, 0.29) is 17.1 Å². The topological polar surface area (TPSA) is 84.8 Å². The number of nitrogens with zero attached hydrogens (tertiary/aromatic N) is 4. The molecule has 0 atom stereocenters. The second kappa shape index (κ2) is 6.30. The molecule has 1 heterocycles. The summed E-state index contributed by atoms with van der Waals surface area (Å²) in [7, 11) is 0. The highest BCUT2D eigenvalue weighted by atomic mass is 19.1. The highest BCUT2D eigenvalue weighted by Crippen LogP contribution is 2.26. The lowest BCUT2D eigenvalue weighted by atomic mass is 10.0. The Morgan fingerprint density at radius 1 is 1.29 bits per heavy atom. The van der Waals surface area contributed by atoms with Crippen molar-refractivity contribution in [2.24, 2.45) is 0 Å². The number of hydrogen-bond acceptors (Lipinski definition) is 4. The van der Waals surface area contributed by atoms with Crippen molar-refractivity contribution in [2.45, 2.75) is 6.54 Å². The van der Waals surface area contributed by atoms with Crippen LogP contribution in [-0.4, -0.2) is 14.7 Å². The predicted octanol–water partition coefficient (Wildman–Crippen LogP) is 3.52. The molecule has 1 aromatic heterocycles. The van der Waals surface area contributed by atoms with Crippen molar-refractivity contribution in [3.05, 3.63) is 81.9 Å². The Morgan fingerprint density at radius 3 is 2.83 bits per heavy atom. The van der Waals surface area contributed by atoms with Gasteiger partial charge in [0.2, 0.25) is 0 Å². The third-order valence-corrected chi connectivity index (χ3v) is 3.51. The van der Waals surface area contributed by atoms with E-state index in [2.05, 4.69) is 5.10 Å². The fourth-order valence-corrected chi connectivity index (χ4v) is 2.40. The van der Waals surface area contributed by atoms with Crippen molar-refractivity contribution < 1.29 is 9.31 Å². The van der Waals surface area contributed by atoms with E-state index in [1.807, 2.05) is 6.07 Å². The second-order valence-corrected chi connectivity index (χ2v) is 5.16. The van der Waals surface area contributed by atoms with Gasteiger partial charge in [-0.05, 0) is 23.8 Å². The normalized spacial score (nSPS) is 10.3. The van der Waals surface area contributed by atoms with Crippen molar-refractivity contribution in [3.8, 4) is 17.2 Å². The van der Waals surface area contributed by atoms with Crippen molar-refractivity contribution in [1.82, 2.24) is 9.78 Å². The summed E-state index contributed by atoms with van der Waals surface area (Å²) in [4.78, 5) is 10.3. The Morgan fingerprint density at radius 2 is 2.12 bits per heavy atom. The Labute approximate surface area is 136 Å². The molecular formula is C17H11FN4O2. The zero-order valence-electron chi connectivity index (χ0n) is 12.4. The van der Waals surface area contributed by atoms with Crippen LogP contribution >= 0.6 is 0 Å². The third kappa shape index (κ3) is 3.13. The van der Waals surface area contributed by atoms with Gasteiger partial charge in [0, 0.05) is 29.5 Å². The predicted molar refractivity (Wildman–Crippen MR) is 84.5 cm³/mol. The second-order valence-electron chi connectivity index (χ2n) is 5.16. The molecule has 0 unspecified atom stereocenters. The summed E-state index contributed by atoms with van der Waals surface area (Å²) in [5, 5.41) is 24.2. The van der Waals surface area contributed by atoms with Crippen LogP contribution in [0, 0.1) is 27.3 Å². The summed E-state index contributed by atoms with van der Waals surface area (Å²) in [6.45, 7) is 0.382. The molecule has 0 fully saturated rings. The van der Waals surface area contributed by atoms with Crippen molar-refractivity contribution >= 4 is 5.69 Å². The zero-order chi connectivity index (χ0) is 17.1. The number of aromatic nitrogens is 2. The van der Waals surface area contributed by atoms with E-state index in [0.29, 0.717) is 17.7 Å². The zero-order valence-corrected chi connectivity index (χ0v) is 12.4. The Kier molecular flexibility index (Phi) is 4.03. The standard InChI is InChI=1S/C17H11FN4O2/c18-15-3-1-2-12(6-15)10-21-11-14(9-20-21)17-5-4-16(22(23)24)7-13(17)8-19/h1-7,9,11H,10H2. The van der Waals surface area contributed by atoms with Gasteiger partial charge in [-0.15, -0.1) is 0 Å². The number of nitriles is 1. The van der Waals surface area contributed by atoms with E-state index in [1.54, 1.807) is 29.2 Å². The smallest absolute Gasteiger partial charge is 0.268 e. The minimum Gasteiger partial charge on any atom is -0.268 e. The molecular weight excluding hydrogens is 311 g/mol. The van der Waals surface area contributed by atoms with Gasteiger partial charge in [-0.3, -0.25) is 14.8 Å². The Bertz CT molecular complexity index is 959. The van der Waals surface area contributed by atoms with Crippen LogP contribution in [0.25, 0.3) is 11.1 Å². The highest BCUT2D eigenvalue weighted by molar-refractivity contribution is 5.71. The van der Waals surface area contributed by atoms with Gasteiger partial charge in [-0.1, -0.05) is 12.1 Å². The van der Waals surface area contributed by atoms with E-state index in [1.165, 1.54) is 30.3 Å². The summed E-state index contributed by atoms with van der Waals surface area (Å²) in [5.41, 5.74) is 2.05. The lowest BCUT2D eigenvalue weighted by Gasteiger charge is -2.02. The number of hydrogen-bond donors (Lipinski definition) is 0. The molecule has 3 aromatic rings. The molecule has 0 spiro atoms. The summed E-state index contributed by atoms with van der Waals surface area (Å²) < 4.78 is 14.8. The molecule has 118 valence electrons. The van der Waals surface area contributed by atoms with Crippen molar-refractivity contribution in [1.29, 1.82) is 5.26 Å². The molecule has 0 aliphatic rings. The summed E-state index contributed by atoms with van der Waals surface area (Å²) in [6.07, 6.45) is 3.29. The lowest BCUT2D eigenvalue weighted by Crippen LogP contribution is -1.99.